The van der Waals surface area contributed by atoms with Gasteiger partial charge in [-0.1, -0.05) is 49.8 Å². The summed E-state index contributed by atoms with van der Waals surface area (Å²) in [6, 6.07) is 8.58. The van der Waals surface area contributed by atoms with Crippen molar-refractivity contribution in [2.24, 2.45) is 0 Å². The van der Waals surface area contributed by atoms with E-state index in [1.807, 2.05) is 12.2 Å². The van der Waals surface area contributed by atoms with Gasteiger partial charge in [0, 0.05) is 6.61 Å². The minimum absolute atomic E-state index is 0.144. The molecule has 2 atom stereocenters. The van der Waals surface area contributed by atoms with Crippen LogP contribution in [0.2, 0.25) is 0 Å². The highest BCUT2D eigenvalue weighted by Crippen LogP contribution is 2.16. The number of hydrogen-bond donors (Lipinski definition) is 1. The van der Waals surface area contributed by atoms with E-state index in [1.54, 1.807) is 0 Å². The molecule has 2 heteroatoms. The Morgan fingerprint density at radius 2 is 2.11 bits per heavy atom. The Balaban J connectivity index is 1.95. The Kier molecular flexibility index (Phi) is 4.97. The minimum atomic E-state index is -0.352. The van der Waals surface area contributed by atoms with Crippen LogP contribution in [0.1, 0.15) is 37.3 Å². The molecule has 0 spiro atoms. The Morgan fingerprint density at radius 1 is 1.33 bits per heavy atom. The van der Waals surface area contributed by atoms with Crippen LogP contribution in [0.5, 0.6) is 0 Å². The highest BCUT2D eigenvalue weighted by Gasteiger charge is 2.20. The number of benzene rings is 1. The van der Waals surface area contributed by atoms with Crippen molar-refractivity contribution in [3.63, 3.8) is 0 Å². The molecule has 98 valence electrons. The molecule has 1 aliphatic rings. The van der Waals surface area contributed by atoms with Gasteiger partial charge in [0.1, 0.15) is 6.10 Å². The number of rotatable bonds is 4. The molecule has 0 aromatic heterocycles. The van der Waals surface area contributed by atoms with E-state index in [9.17, 15) is 5.11 Å². The van der Waals surface area contributed by atoms with Crippen LogP contribution in [-0.2, 0) is 11.2 Å². The molecule has 0 radical (unpaired) electrons. The average molecular weight is 246 g/mol. The van der Waals surface area contributed by atoms with Crippen molar-refractivity contribution in [2.45, 2.75) is 44.8 Å². The summed E-state index contributed by atoms with van der Waals surface area (Å²) in [5, 5.41) is 9.78. The van der Waals surface area contributed by atoms with Gasteiger partial charge in [-0.05, 0) is 30.4 Å². The SMILES string of the molecule is CCCc1ccc(/C=C\C2OCCCC2O)cc1. The summed E-state index contributed by atoms with van der Waals surface area (Å²) in [7, 11) is 0. The molecule has 1 aromatic carbocycles. The van der Waals surface area contributed by atoms with E-state index >= 15 is 0 Å². The Labute approximate surface area is 109 Å². The van der Waals surface area contributed by atoms with Crippen molar-refractivity contribution < 1.29 is 9.84 Å². The molecular weight excluding hydrogens is 224 g/mol. The lowest BCUT2D eigenvalue weighted by Gasteiger charge is -2.25. The van der Waals surface area contributed by atoms with Gasteiger partial charge in [0.2, 0.25) is 0 Å². The lowest BCUT2D eigenvalue weighted by Crippen LogP contribution is -2.32. The van der Waals surface area contributed by atoms with Crippen LogP contribution in [0.25, 0.3) is 6.08 Å². The molecule has 0 aliphatic carbocycles. The summed E-state index contributed by atoms with van der Waals surface area (Å²) in [5.41, 5.74) is 2.54. The molecular formula is C16H22O2. The summed E-state index contributed by atoms with van der Waals surface area (Å²) < 4.78 is 5.54. The number of aliphatic hydroxyl groups is 1. The predicted molar refractivity (Wildman–Crippen MR) is 74.5 cm³/mol. The highest BCUT2D eigenvalue weighted by atomic mass is 16.5. The maximum atomic E-state index is 9.78. The largest absolute Gasteiger partial charge is 0.390 e. The van der Waals surface area contributed by atoms with Gasteiger partial charge >= 0.3 is 0 Å². The summed E-state index contributed by atoms with van der Waals surface area (Å²) in [5.74, 6) is 0. The molecule has 18 heavy (non-hydrogen) atoms. The monoisotopic (exact) mass is 246 g/mol. The summed E-state index contributed by atoms with van der Waals surface area (Å²) in [6.45, 7) is 2.94. The molecule has 1 fully saturated rings. The second kappa shape index (κ2) is 6.72. The third-order valence-electron chi connectivity index (χ3n) is 3.33. The van der Waals surface area contributed by atoms with Gasteiger partial charge in [-0.25, -0.2) is 0 Å². The first-order valence-electron chi connectivity index (χ1n) is 6.86. The van der Waals surface area contributed by atoms with Crippen LogP contribution in [-0.4, -0.2) is 23.9 Å². The second-order valence-electron chi connectivity index (χ2n) is 4.90. The van der Waals surface area contributed by atoms with Crippen molar-refractivity contribution in [2.75, 3.05) is 6.61 Å². The topological polar surface area (TPSA) is 29.5 Å². The molecule has 0 bridgehead atoms. The molecule has 1 heterocycles. The highest BCUT2D eigenvalue weighted by molar-refractivity contribution is 5.50. The van der Waals surface area contributed by atoms with E-state index in [4.69, 9.17) is 4.74 Å². The molecule has 0 saturated carbocycles. The quantitative estimate of drug-likeness (QED) is 0.884. The fourth-order valence-corrected chi connectivity index (χ4v) is 2.26. The Bertz CT molecular complexity index is 381. The summed E-state index contributed by atoms with van der Waals surface area (Å²) in [4.78, 5) is 0. The third-order valence-corrected chi connectivity index (χ3v) is 3.33. The Morgan fingerprint density at radius 3 is 2.78 bits per heavy atom. The average Bonchev–Trinajstić information content (AvgIpc) is 2.40. The van der Waals surface area contributed by atoms with Crippen LogP contribution in [0.15, 0.2) is 30.3 Å². The Hall–Kier alpha value is -1.12. The molecule has 1 N–H and O–H groups in total. The molecule has 1 saturated heterocycles. The molecule has 2 nitrogen and oxygen atoms in total. The van der Waals surface area contributed by atoms with E-state index < -0.39 is 0 Å². The normalized spacial score (nSPS) is 24.6. The number of hydrogen-bond acceptors (Lipinski definition) is 2. The van der Waals surface area contributed by atoms with Crippen molar-refractivity contribution in [3.8, 4) is 0 Å². The number of aryl methyl sites for hydroxylation is 1. The van der Waals surface area contributed by atoms with Gasteiger partial charge < -0.3 is 9.84 Å². The van der Waals surface area contributed by atoms with E-state index in [0.717, 1.165) is 31.4 Å². The molecule has 1 aliphatic heterocycles. The molecule has 1 aromatic rings. The molecule has 0 amide bonds. The van der Waals surface area contributed by atoms with Gasteiger partial charge in [0.05, 0.1) is 6.10 Å². The zero-order valence-electron chi connectivity index (χ0n) is 11.0. The lowest BCUT2D eigenvalue weighted by atomic mass is 10.0. The zero-order valence-corrected chi connectivity index (χ0v) is 11.0. The van der Waals surface area contributed by atoms with Gasteiger partial charge in [0.15, 0.2) is 0 Å². The first-order valence-corrected chi connectivity index (χ1v) is 6.86. The molecule has 2 rings (SSSR count). The van der Waals surface area contributed by atoms with Crippen molar-refractivity contribution in [1.82, 2.24) is 0 Å². The second-order valence-corrected chi connectivity index (χ2v) is 4.90. The third kappa shape index (κ3) is 3.69. The van der Waals surface area contributed by atoms with Crippen molar-refractivity contribution in [1.29, 1.82) is 0 Å². The van der Waals surface area contributed by atoms with Crippen LogP contribution in [0.4, 0.5) is 0 Å². The van der Waals surface area contributed by atoms with Gasteiger partial charge in [-0.2, -0.15) is 0 Å². The minimum Gasteiger partial charge on any atom is -0.390 e. The summed E-state index contributed by atoms with van der Waals surface area (Å²) >= 11 is 0. The van der Waals surface area contributed by atoms with Gasteiger partial charge in [-0.3, -0.25) is 0 Å². The van der Waals surface area contributed by atoms with E-state index in [1.165, 1.54) is 12.0 Å². The van der Waals surface area contributed by atoms with Crippen LogP contribution in [0.3, 0.4) is 0 Å². The zero-order chi connectivity index (χ0) is 12.8. The maximum absolute atomic E-state index is 9.78. The standard InChI is InChI=1S/C16H22O2/c1-2-4-13-6-8-14(9-7-13)10-11-16-15(17)5-3-12-18-16/h6-11,15-17H,2-5,12H2,1H3/b11-10-. The van der Waals surface area contributed by atoms with Gasteiger partial charge in [-0.15, -0.1) is 0 Å². The summed E-state index contributed by atoms with van der Waals surface area (Å²) in [6.07, 6.45) is 7.62. The van der Waals surface area contributed by atoms with Crippen molar-refractivity contribution >= 4 is 6.08 Å². The first-order chi connectivity index (χ1) is 8.79. The molecule has 2 unspecified atom stereocenters. The fraction of sp³-hybridized carbons (Fsp3) is 0.500. The van der Waals surface area contributed by atoms with Crippen molar-refractivity contribution in [3.05, 3.63) is 41.5 Å². The van der Waals surface area contributed by atoms with Crippen LogP contribution >= 0.6 is 0 Å². The van der Waals surface area contributed by atoms with Crippen LogP contribution < -0.4 is 0 Å². The number of aliphatic hydroxyl groups excluding tert-OH is 1. The predicted octanol–water partition coefficient (Wildman–Crippen LogP) is 3.19. The van der Waals surface area contributed by atoms with E-state index in [-0.39, 0.29) is 12.2 Å². The van der Waals surface area contributed by atoms with E-state index in [2.05, 4.69) is 31.2 Å². The van der Waals surface area contributed by atoms with Crippen LogP contribution in [0, 0.1) is 0 Å². The van der Waals surface area contributed by atoms with E-state index in [0.29, 0.717) is 0 Å². The van der Waals surface area contributed by atoms with Gasteiger partial charge in [0.25, 0.3) is 0 Å². The lowest BCUT2D eigenvalue weighted by molar-refractivity contribution is -0.0479. The smallest absolute Gasteiger partial charge is 0.102 e. The maximum Gasteiger partial charge on any atom is 0.102 e. The first kappa shape index (κ1) is 13.3. The fourth-order valence-electron chi connectivity index (χ4n) is 2.26. The number of ether oxygens (including phenoxy) is 1.